The predicted octanol–water partition coefficient (Wildman–Crippen LogP) is 3.07. The second-order valence-corrected chi connectivity index (χ2v) is 8.10. The van der Waals surface area contributed by atoms with Crippen molar-refractivity contribution >= 4 is 29.9 Å². The molecule has 2 aromatic heterocycles. The number of hydrogen-bond donors (Lipinski definition) is 1. The molecule has 0 aromatic carbocycles. The Kier molecular flexibility index (Phi) is 9.66. The molecule has 2 aliphatic rings. The summed E-state index contributed by atoms with van der Waals surface area (Å²) >= 11 is 0. The molecule has 1 atom stereocenters. The van der Waals surface area contributed by atoms with Gasteiger partial charge in [-0.1, -0.05) is 5.16 Å². The Morgan fingerprint density at radius 1 is 1.26 bits per heavy atom. The summed E-state index contributed by atoms with van der Waals surface area (Å²) in [6.07, 6.45) is 6.33. The molecule has 1 unspecified atom stereocenters. The van der Waals surface area contributed by atoms with Gasteiger partial charge >= 0.3 is 0 Å². The number of ether oxygens (including phenoxy) is 1. The molecule has 4 heterocycles. The molecule has 0 amide bonds. The van der Waals surface area contributed by atoms with Crippen LogP contribution in [0.1, 0.15) is 36.5 Å². The summed E-state index contributed by atoms with van der Waals surface area (Å²) in [5.41, 5.74) is 1.00. The summed E-state index contributed by atoms with van der Waals surface area (Å²) in [6, 6.07) is 5.96. The lowest BCUT2D eigenvalue weighted by Crippen LogP contribution is -2.52. The molecular weight excluding hydrogens is 509 g/mol. The van der Waals surface area contributed by atoms with Crippen LogP contribution in [0.4, 0.5) is 0 Å². The molecular formula is C22H34IN5O3. The Labute approximate surface area is 201 Å². The van der Waals surface area contributed by atoms with Gasteiger partial charge in [-0.05, 0) is 38.3 Å². The minimum Gasteiger partial charge on any atom is -0.469 e. The van der Waals surface area contributed by atoms with Crippen LogP contribution in [0.2, 0.25) is 0 Å². The van der Waals surface area contributed by atoms with Crippen molar-refractivity contribution < 1.29 is 13.7 Å². The van der Waals surface area contributed by atoms with Gasteiger partial charge in [-0.3, -0.25) is 9.89 Å². The lowest BCUT2D eigenvalue weighted by Gasteiger charge is -2.36. The van der Waals surface area contributed by atoms with Crippen molar-refractivity contribution in [2.24, 2.45) is 4.99 Å². The SMILES string of the molecule is Cc1cc(CN2CCN(C(=NCC3CCCCO3)NCCc3ccco3)CC2)no1.I. The minimum atomic E-state index is 0. The highest BCUT2D eigenvalue weighted by molar-refractivity contribution is 14.0. The Hall–Kier alpha value is -1.59. The number of aromatic nitrogens is 1. The van der Waals surface area contributed by atoms with Gasteiger partial charge in [-0.25, -0.2) is 0 Å². The van der Waals surface area contributed by atoms with Crippen LogP contribution in [0.3, 0.4) is 0 Å². The van der Waals surface area contributed by atoms with Gasteiger partial charge in [0, 0.05) is 58.4 Å². The maximum absolute atomic E-state index is 5.87. The van der Waals surface area contributed by atoms with Crippen LogP contribution in [0, 0.1) is 6.92 Å². The van der Waals surface area contributed by atoms with Crippen molar-refractivity contribution in [2.75, 3.05) is 45.9 Å². The molecule has 0 bridgehead atoms. The average Bonchev–Trinajstić information content (AvgIpc) is 3.44. The van der Waals surface area contributed by atoms with Crippen molar-refractivity contribution in [3.8, 4) is 0 Å². The number of rotatable bonds is 7. The Morgan fingerprint density at radius 2 is 2.13 bits per heavy atom. The van der Waals surface area contributed by atoms with Gasteiger partial charge in [0.15, 0.2) is 5.96 Å². The van der Waals surface area contributed by atoms with Crippen molar-refractivity contribution in [2.45, 2.75) is 45.3 Å². The van der Waals surface area contributed by atoms with Crippen LogP contribution in [0.25, 0.3) is 0 Å². The molecule has 172 valence electrons. The van der Waals surface area contributed by atoms with E-state index in [1.807, 2.05) is 25.1 Å². The number of guanidine groups is 1. The second kappa shape index (κ2) is 12.4. The number of aliphatic imine (C=N–C) groups is 1. The van der Waals surface area contributed by atoms with Gasteiger partial charge in [-0.15, -0.1) is 24.0 Å². The third kappa shape index (κ3) is 7.50. The molecule has 1 N–H and O–H groups in total. The van der Waals surface area contributed by atoms with Gasteiger partial charge in [0.1, 0.15) is 11.5 Å². The lowest BCUT2D eigenvalue weighted by molar-refractivity contribution is 0.0222. The highest BCUT2D eigenvalue weighted by atomic mass is 127. The first-order chi connectivity index (χ1) is 14.8. The summed E-state index contributed by atoms with van der Waals surface area (Å²) in [7, 11) is 0. The highest BCUT2D eigenvalue weighted by Gasteiger charge is 2.21. The van der Waals surface area contributed by atoms with Gasteiger partial charge in [-0.2, -0.15) is 0 Å². The van der Waals surface area contributed by atoms with E-state index in [2.05, 4.69) is 20.3 Å². The third-order valence-corrected chi connectivity index (χ3v) is 5.69. The molecule has 9 heteroatoms. The zero-order chi connectivity index (χ0) is 20.6. The molecule has 2 aromatic rings. The summed E-state index contributed by atoms with van der Waals surface area (Å²) < 4.78 is 16.5. The summed E-state index contributed by atoms with van der Waals surface area (Å²) in [6.45, 7) is 8.99. The summed E-state index contributed by atoms with van der Waals surface area (Å²) in [5, 5.41) is 7.67. The number of aryl methyl sites for hydroxylation is 1. The maximum atomic E-state index is 5.87. The van der Waals surface area contributed by atoms with Gasteiger partial charge in [0.2, 0.25) is 0 Å². The largest absolute Gasteiger partial charge is 0.469 e. The quantitative estimate of drug-likeness (QED) is 0.327. The number of nitrogens with zero attached hydrogens (tertiary/aromatic N) is 4. The zero-order valence-electron chi connectivity index (χ0n) is 18.3. The highest BCUT2D eigenvalue weighted by Crippen LogP contribution is 2.14. The molecule has 2 saturated heterocycles. The van der Waals surface area contributed by atoms with Crippen LogP contribution in [-0.2, 0) is 17.7 Å². The van der Waals surface area contributed by atoms with Crippen LogP contribution in [-0.4, -0.2) is 72.9 Å². The van der Waals surface area contributed by atoms with E-state index < -0.39 is 0 Å². The van der Waals surface area contributed by atoms with E-state index in [9.17, 15) is 0 Å². The topological polar surface area (TPSA) is 79.3 Å². The number of furan rings is 1. The van der Waals surface area contributed by atoms with E-state index in [-0.39, 0.29) is 30.1 Å². The molecule has 2 fully saturated rings. The molecule has 0 spiro atoms. The first kappa shape index (κ1) is 24.1. The lowest BCUT2D eigenvalue weighted by atomic mass is 10.1. The normalized spacial score (nSPS) is 20.5. The Bertz CT molecular complexity index is 781. The molecule has 31 heavy (non-hydrogen) atoms. The summed E-state index contributed by atoms with van der Waals surface area (Å²) in [5.74, 6) is 2.83. The van der Waals surface area contributed by atoms with E-state index in [4.69, 9.17) is 18.7 Å². The molecule has 0 saturated carbocycles. The van der Waals surface area contributed by atoms with E-state index in [1.54, 1.807) is 6.26 Å². The van der Waals surface area contributed by atoms with Crippen molar-refractivity contribution in [3.05, 3.63) is 41.7 Å². The summed E-state index contributed by atoms with van der Waals surface area (Å²) in [4.78, 5) is 9.70. The number of piperazine rings is 1. The fraction of sp³-hybridized carbons (Fsp3) is 0.636. The molecule has 0 aliphatic carbocycles. The Morgan fingerprint density at radius 3 is 2.81 bits per heavy atom. The molecule has 2 aliphatic heterocycles. The third-order valence-electron chi connectivity index (χ3n) is 5.69. The number of hydrogen-bond acceptors (Lipinski definition) is 6. The first-order valence-corrected chi connectivity index (χ1v) is 11.1. The predicted molar refractivity (Wildman–Crippen MR) is 130 cm³/mol. The van der Waals surface area contributed by atoms with Gasteiger partial charge < -0.3 is 23.9 Å². The van der Waals surface area contributed by atoms with E-state index >= 15 is 0 Å². The maximum Gasteiger partial charge on any atom is 0.194 e. The Balaban J connectivity index is 0.00000272. The molecule has 8 nitrogen and oxygen atoms in total. The minimum absolute atomic E-state index is 0. The number of nitrogens with one attached hydrogen (secondary N) is 1. The van der Waals surface area contributed by atoms with Gasteiger partial charge in [0.25, 0.3) is 0 Å². The fourth-order valence-electron chi connectivity index (χ4n) is 4.00. The van der Waals surface area contributed by atoms with Crippen molar-refractivity contribution in [1.82, 2.24) is 20.3 Å². The van der Waals surface area contributed by atoms with Crippen LogP contribution >= 0.6 is 24.0 Å². The van der Waals surface area contributed by atoms with Gasteiger partial charge in [0.05, 0.1) is 24.6 Å². The smallest absolute Gasteiger partial charge is 0.194 e. The first-order valence-electron chi connectivity index (χ1n) is 11.1. The van der Waals surface area contributed by atoms with Crippen LogP contribution in [0.5, 0.6) is 0 Å². The molecule has 0 radical (unpaired) electrons. The zero-order valence-corrected chi connectivity index (χ0v) is 20.6. The average molecular weight is 543 g/mol. The van der Waals surface area contributed by atoms with Crippen molar-refractivity contribution in [1.29, 1.82) is 0 Å². The monoisotopic (exact) mass is 543 g/mol. The van der Waals surface area contributed by atoms with E-state index in [0.717, 1.165) is 88.4 Å². The fourth-order valence-corrected chi connectivity index (χ4v) is 4.00. The number of halogens is 1. The van der Waals surface area contributed by atoms with Crippen LogP contribution in [0.15, 0.2) is 38.4 Å². The van der Waals surface area contributed by atoms with E-state index in [0.29, 0.717) is 0 Å². The standard InChI is InChI=1S/C22H33N5O3.HI/c1-18-15-19(25-30-18)17-26-9-11-27(12-10-26)22(23-8-7-20-6-4-14-28-20)24-16-21-5-2-3-13-29-21;/h4,6,14-15,21H,2-3,5,7-13,16-17H2,1H3,(H,23,24);1H. The van der Waals surface area contributed by atoms with Crippen molar-refractivity contribution in [3.63, 3.8) is 0 Å². The second-order valence-electron chi connectivity index (χ2n) is 8.10. The van der Waals surface area contributed by atoms with Crippen LogP contribution < -0.4 is 5.32 Å². The molecule has 4 rings (SSSR count). The van der Waals surface area contributed by atoms with E-state index in [1.165, 1.54) is 12.8 Å².